The zero-order valence-corrected chi connectivity index (χ0v) is 14.1. The van der Waals surface area contributed by atoms with Gasteiger partial charge in [-0.15, -0.1) is 0 Å². The van der Waals surface area contributed by atoms with E-state index in [9.17, 15) is 4.79 Å². The van der Waals surface area contributed by atoms with Crippen LogP contribution in [0.5, 0.6) is 0 Å². The van der Waals surface area contributed by atoms with E-state index in [0.717, 1.165) is 15.6 Å². The Labute approximate surface area is 140 Å². The molecular formula is C16H12BrClN2O2. The zero-order chi connectivity index (χ0) is 15.7. The Morgan fingerprint density at radius 3 is 2.95 bits per heavy atom. The molecule has 0 aliphatic heterocycles. The summed E-state index contributed by atoms with van der Waals surface area (Å²) in [6.07, 6.45) is 3.57. The normalized spacial score (nSPS) is 10.9. The number of aryl methyl sites for hydroxylation is 1. The van der Waals surface area contributed by atoms with E-state index in [4.69, 9.17) is 16.3 Å². The lowest BCUT2D eigenvalue weighted by atomic mass is 10.2. The Bertz CT molecular complexity index is 860. The van der Waals surface area contributed by atoms with Crippen molar-refractivity contribution in [3.8, 4) is 0 Å². The predicted octanol–water partition coefficient (Wildman–Crippen LogP) is 4.42. The monoisotopic (exact) mass is 378 g/mol. The second kappa shape index (κ2) is 6.10. The fourth-order valence-corrected chi connectivity index (χ4v) is 2.67. The van der Waals surface area contributed by atoms with Crippen LogP contribution in [0.25, 0.3) is 5.65 Å². The molecule has 6 heteroatoms. The third kappa shape index (κ3) is 3.00. The number of ether oxygens (including phenoxy) is 1. The summed E-state index contributed by atoms with van der Waals surface area (Å²) in [5.41, 5.74) is 2.81. The molecule has 3 aromatic rings. The SMILES string of the molecule is Cc1ccc2nc(C(=O)OCc3cccc(Br)c3Cl)cn2c1. The van der Waals surface area contributed by atoms with Gasteiger partial charge in [-0.3, -0.25) is 0 Å². The molecule has 0 amide bonds. The molecule has 1 aromatic carbocycles. The van der Waals surface area contributed by atoms with E-state index in [1.165, 1.54) is 0 Å². The molecular weight excluding hydrogens is 368 g/mol. The molecule has 3 rings (SSSR count). The van der Waals surface area contributed by atoms with Crippen LogP contribution in [0.2, 0.25) is 5.02 Å². The fourth-order valence-electron chi connectivity index (χ4n) is 2.08. The molecule has 0 bridgehead atoms. The average Bonchev–Trinajstić information content (AvgIpc) is 2.91. The summed E-state index contributed by atoms with van der Waals surface area (Å²) >= 11 is 9.49. The van der Waals surface area contributed by atoms with Gasteiger partial charge in [-0.25, -0.2) is 9.78 Å². The number of esters is 1. The maximum absolute atomic E-state index is 12.1. The van der Waals surface area contributed by atoms with Crippen molar-refractivity contribution in [3.63, 3.8) is 0 Å². The van der Waals surface area contributed by atoms with Crippen LogP contribution in [-0.4, -0.2) is 15.4 Å². The maximum atomic E-state index is 12.1. The highest BCUT2D eigenvalue weighted by Gasteiger charge is 2.13. The largest absolute Gasteiger partial charge is 0.456 e. The molecule has 4 nitrogen and oxygen atoms in total. The van der Waals surface area contributed by atoms with E-state index in [0.29, 0.717) is 10.7 Å². The fraction of sp³-hybridized carbons (Fsp3) is 0.125. The molecule has 0 saturated carbocycles. The summed E-state index contributed by atoms with van der Waals surface area (Å²) in [4.78, 5) is 16.4. The van der Waals surface area contributed by atoms with E-state index in [2.05, 4.69) is 20.9 Å². The van der Waals surface area contributed by atoms with Crippen molar-refractivity contribution in [2.45, 2.75) is 13.5 Å². The minimum atomic E-state index is -0.475. The van der Waals surface area contributed by atoms with Crippen LogP contribution in [0.4, 0.5) is 0 Å². The van der Waals surface area contributed by atoms with Crippen LogP contribution in [0, 0.1) is 6.92 Å². The number of carbonyl (C=O) groups is 1. The lowest BCUT2D eigenvalue weighted by molar-refractivity contribution is 0.0466. The van der Waals surface area contributed by atoms with Gasteiger partial charge in [0, 0.05) is 22.4 Å². The van der Waals surface area contributed by atoms with Gasteiger partial charge in [0.15, 0.2) is 5.69 Å². The highest BCUT2D eigenvalue weighted by atomic mass is 79.9. The molecule has 0 aliphatic carbocycles. The van der Waals surface area contributed by atoms with E-state index in [-0.39, 0.29) is 12.3 Å². The molecule has 0 unspecified atom stereocenters. The van der Waals surface area contributed by atoms with E-state index >= 15 is 0 Å². The second-order valence-electron chi connectivity index (χ2n) is 4.89. The minimum Gasteiger partial charge on any atom is -0.456 e. The van der Waals surface area contributed by atoms with E-state index in [1.54, 1.807) is 10.6 Å². The summed E-state index contributed by atoms with van der Waals surface area (Å²) in [6.45, 7) is 2.08. The summed E-state index contributed by atoms with van der Waals surface area (Å²) in [6, 6.07) is 9.29. The highest BCUT2D eigenvalue weighted by molar-refractivity contribution is 9.10. The van der Waals surface area contributed by atoms with Crippen molar-refractivity contribution in [1.29, 1.82) is 0 Å². The van der Waals surface area contributed by atoms with Crippen LogP contribution in [0.3, 0.4) is 0 Å². The van der Waals surface area contributed by atoms with Gasteiger partial charge in [-0.1, -0.05) is 29.8 Å². The van der Waals surface area contributed by atoms with Crippen molar-refractivity contribution < 1.29 is 9.53 Å². The molecule has 2 aromatic heterocycles. The average molecular weight is 380 g/mol. The first-order chi connectivity index (χ1) is 10.5. The summed E-state index contributed by atoms with van der Waals surface area (Å²) in [7, 11) is 0. The molecule has 0 aliphatic rings. The van der Waals surface area contributed by atoms with Crippen molar-refractivity contribution in [3.05, 3.63) is 69.0 Å². The van der Waals surface area contributed by atoms with Gasteiger partial charge in [-0.2, -0.15) is 0 Å². The lowest BCUT2D eigenvalue weighted by Gasteiger charge is -2.06. The molecule has 0 atom stereocenters. The van der Waals surface area contributed by atoms with Gasteiger partial charge in [0.1, 0.15) is 12.3 Å². The van der Waals surface area contributed by atoms with Crippen LogP contribution in [0.1, 0.15) is 21.6 Å². The molecule has 2 heterocycles. The van der Waals surface area contributed by atoms with Crippen molar-refractivity contribution >= 4 is 39.1 Å². The maximum Gasteiger partial charge on any atom is 0.358 e. The molecule has 0 fully saturated rings. The highest BCUT2D eigenvalue weighted by Crippen LogP contribution is 2.26. The van der Waals surface area contributed by atoms with Crippen LogP contribution >= 0.6 is 27.5 Å². The molecule has 0 saturated heterocycles. The Balaban J connectivity index is 1.77. The third-order valence-corrected chi connectivity index (χ3v) is 4.53. The Hall–Kier alpha value is -1.85. The Morgan fingerprint density at radius 2 is 2.14 bits per heavy atom. The van der Waals surface area contributed by atoms with Gasteiger partial charge < -0.3 is 9.14 Å². The number of nitrogens with zero attached hydrogens (tertiary/aromatic N) is 2. The number of hydrogen-bond donors (Lipinski definition) is 0. The number of imidazole rings is 1. The molecule has 112 valence electrons. The van der Waals surface area contributed by atoms with Gasteiger partial charge in [-0.05, 0) is 40.5 Å². The Morgan fingerprint density at radius 1 is 1.32 bits per heavy atom. The van der Waals surface area contributed by atoms with Gasteiger partial charge in [0.05, 0.1) is 5.02 Å². The van der Waals surface area contributed by atoms with Crippen LogP contribution < -0.4 is 0 Å². The second-order valence-corrected chi connectivity index (χ2v) is 6.12. The number of carbonyl (C=O) groups excluding carboxylic acids is 1. The number of fused-ring (bicyclic) bond motifs is 1. The van der Waals surface area contributed by atoms with Crippen molar-refractivity contribution in [2.75, 3.05) is 0 Å². The molecule has 0 spiro atoms. The summed E-state index contributed by atoms with van der Waals surface area (Å²) in [5.74, 6) is -0.475. The predicted molar refractivity (Wildman–Crippen MR) is 88.2 cm³/mol. The number of halogens is 2. The van der Waals surface area contributed by atoms with Crippen LogP contribution in [-0.2, 0) is 11.3 Å². The topological polar surface area (TPSA) is 43.6 Å². The van der Waals surface area contributed by atoms with Gasteiger partial charge >= 0.3 is 5.97 Å². The summed E-state index contributed by atoms with van der Waals surface area (Å²) in [5, 5.41) is 0.543. The van der Waals surface area contributed by atoms with Crippen molar-refractivity contribution in [1.82, 2.24) is 9.38 Å². The van der Waals surface area contributed by atoms with E-state index < -0.39 is 5.97 Å². The zero-order valence-electron chi connectivity index (χ0n) is 11.7. The first-order valence-electron chi connectivity index (χ1n) is 6.60. The number of benzene rings is 1. The third-order valence-electron chi connectivity index (χ3n) is 3.20. The number of hydrogen-bond acceptors (Lipinski definition) is 3. The molecule has 0 radical (unpaired) electrons. The standard InChI is InChI=1S/C16H12BrClN2O2/c1-10-5-6-14-19-13(8-20(14)7-10)16(21)22-9-11-3-2-4-12(17)15(11)18/h2-8H,9H2,1H3. The molecule has 22 heavy (non-hydrogen) atoms. The number of pyridine rings is 1. The quantitative estimate of drug-likeness (QED) is 0.633. The summed E-state index contributed by atoms with van der Waals surface area (Å²) < 4.78 is 7.86. The van der Waals surface area contributed by atoms with Gasteiger partial charge in [0.2, 0.25) is 0 Å². The first-order valence-corrected chi connectivity index (χ1v) is 7.77. The van der Waals surface area contributed by atoms with Crippen LogP contribution in [0.15, 0.2) is 47.2 Å². The Kier molecular flexibility index (Phi) is 4.18. The van der Waals surface area contributed by atoms with Crippen molar-refractivity contribution in [2.24, 2.45) is 0 Å². The lowest BCUT2D eigenvalue weighted by Crippen LogP contribution is -2.06. The molecule has 0 N–H and O–H groups in total. The van der Waals surface area contributed by atoms with Gasteiger partial charge in [0.25, 0.3) is 0 Å². The smallest absolute Gasteiger partial charge is 0.358 e. The first kappa shape index (κ1) is 15.1. The number of aromatic nitrogens is 2. The number of rotatable bonds is 3. The minimum absolute atomic E-state index is 0.101. The van der Waals surface area contributed by atoms with E-state index in [1.807, 2.05) is 43.5 Å².